The number of pyridine rings is 1. The first-order valence-electron chi connectivity index (χ1n) is 7.40. The number of nitrogens with zero attached hydrogens (tertiary/aromatic N) is 1. The van der Waals surface area contributed by atoms with Crippen molar-refractivity contribution in [3.63, 3.8) is 0 Å². The normalized spacial score (nSPS) is 26.1. The number of anilines is 1. The Labute approximate surface area is 118 Å². The van der Waals surface area contributed by atoms with E-state index in [9.17, 15) is 9.18 Å². The van der Waals surface area contributed by atoms with Crippen LogP contribution < -0.4 is 10.6 Å². The summed E-state index contributed by atoms with van der Waals surface area (Å²) in [4.78, 5) is 15.7. The number of nitrogens with one attached hydrogen (secondary N) is 2. The average molecular weight is 277 g/mol. The second kappa shape index (κ2) is 5.77. The van der Waals surface area contributed by atoms with Gasteiger partial charge in [-0.2, -0.15) is 0 Å². The Hall–Kier alpha value is -1.65. The molecule has 1 heterocycles. The van der Waals surface area contributed by atoms with E-state index in [0.717, 1.165) is 30.9 Å². The number of hydrogen-bond donors (Lipinski definition) is 2. The Morgan fingerprint density at radius 3 is 2.75 bits per heavy atom. The maximum atomic E-state index is 12.7. The van der Waals surface area contributed by atoms with E-state index in [1.807, 2.05) is 0 Å². The molecule has 2 saturated carbocycles. The standard InChI is InChI=1S/C15H20FN3O/c16-12-6-7-14(17-9-12)19-15(20)18-13-3-1-2-11(8-13)10-4-5-10/h6-7,9-11,13H,1-5,8H2,(H2,17,18,19,20)/t11-,13+/m0/s1. The molecule has 1 aromatic rings. The first-order valence-corrected chi connectivity index (χ1v) is 7.40. The largest absolute Gasteiger partial charge is 0.335 e. The number of carbonyl (C=O) groups excluding carboxylic acids is 1. The molecule has 0 aliphatic heterocycles. The summed E-state index contributed by atoms with van der Waals surface area (Å²) >= 11 is 0. The smallest absolute Gasteiger partial charge is 0.320 e. The quantitative estimate of drug-likeness (QED) is 0.890. The fraction of sp³-hybridized carbons (Fsp3) is 0.600. The Morgan fingerprint density at radius 2 is 2.05 bits per heavy atom. The van der Waals surface area contributed by atoms with E-state index in [0.29, 0.717) is 5.82 Å². The third-order valence-electron chi connectivity index (χ3n) is 4.31. The summed E-state index contributed by atoms with van der Waals surface area (Å²) in [5, 5.41) is 5.66. The fourth-order valence-electron chi connectivity index (χ4n) is 3.14. The lowest BCUT2D eigenvalue weighted by Gasteiger charge is -2.29. The van der Waals surface area contributed by atoms with E-state index in [2.05, 4.69) is 15.6 Å². The molecule has 0 radical (unpaired) electrons. The van der Waals surface area contributed by atoms with Gasteiger partial charge < -0.3 is 5.32 Å². The molecule has 0 spiro atoms. The van der Waals surface area contributed by atoms with Crippen LogP contribution in [0, 0.1) is 17.7 Å². The highest BCUT2D eigenvalue weighted by molar-refractivity contribution is 5.88. The predicted molar refractivity (Wildman–Crippen MR) is 74.8 cm³/mol. The molecule has 0 bridgehead atoms. The monoisotopic (exact) mass is 277 g/mol. The van der Waals surface area contributed by atoms with Crippen molar-refractivity contribution in [1.29, 1.82) is 0 Å². The van der Waals surface area contributed by atoms with Gasteiger partial charge in [-0.1, -0.05) is 12.8 Å². The lowest BCUT2D eigenvalue weighted by molar-refractivity contribution is 0.230. The zero-order chi connectivity index (χ0) is 13.9. The summed E-state index contributed by atoms with van der Waals surface area (Å²) in [6.45, 7) is 0. The molecule has 5 heteroatoms. The average Bonchev–Trinajstić information content (AvgIpc) is 3.26. The molecular weight excluding hydrogens is 257 g/mol. The van der Waals surface area contributed by atoms with Gasteiger partial charge in [0, 0.05) is 6.04 Å². The molecule has 20 heavy (non-hydrogen) atoms. The molecule has 2 amide bonds. The van der Waals surface area contributed by atoms with Crippen LogP contribution in [0.5, 0.6) is 0 Å². The molecule has 2 aliphatic rings. The molecule has 0 unspecified atom stereocenters. The summed E-state index contributed by atoms with van der Waals surface area (Å²) in [6, 6.07) is 2.76. The van der Waals surface area contributed by atoms with Crippen LogP contribution in [0.4, 0.5) is 15.0 Å². The molecule has 0 saturated heterocycles. The van der Waals surface area contributed by atoms with E-state index in [1.54, 1.807) is 0 Å². The third kappa shape index (κ3) is 3.46. The van der Waals surface area contributed by atoms with Crippen molar-refractivity contribution >= 4 is 11.8 Å². The van der Waals surface area contributed by atoms with Gasteiger partial charge in [0.25, 0.3) is 0 Å². The zero-order valence-corrected chi connectivity index (χ0v) is 11.4. The van der Waals surface area contributed by atoms with Gasteiger partial charge in [-0.05, 0) is 49.7 Å². The second-order valence-corrected chi connectivity index (χ2v) is 5.92. The maximum Gasteiger partial charge on any atom is 0.320 e. The number of aromatic nitrogens is 1. The fourth-order valence-corrected chi connectivity index (χ4v) is 3.14. The Balaban J connectivity index is 1.49. The predicted octanol–water partition coefficient (Wildman–Crippen LogP) is 3.31. The van der Waals surface area contributed by atoms with E-state index in [1.165, 1.54) is 37.8 Å². The molecule has 4 nitrogen and oxygen atoms in total. The minimum Gasteiger partial charge on any atom is -0.335 e. The van der Waals surface area contributed by atoms with Crippen molar-refractivity contribution in [2.75, 3.05) is 5.32 Å². The van der Waals surface area contributed by atoms with Gasteiger partial charge in [0.05, 0.1) is 6.20 Å². The lowest BCUT2D eigenvalue weighted by atomic mass is 9.83. The highest BCUT2D eigenvalue weighted by Gasteiger charge is 2.34. The van der Waals surface area contributed by atoms with Crippen molar-refractivity contribution in [3.05, 3.63) is 24.1 Å². The molecule has 2 aliphatic carbocycles. The molecule has 108 valence electrons. The van der Waals surface area contributed by atoms with Gasteiger partial charge in [-0.15, -0.1) is 0 Å². The number of hydrogen-bond acceptors (Lipinski definition) is 2. The topological polar surface area (TPSA) is 54.0 Å². The van der Waals surface area contributed by atoms with Crippen LogP contribution in [-0.2, 0) is 0 Å². The highest BCUT2D eigenvalue weighted by Crippen LogP contribution is 2.43. The van der Waals surface area contributed by atoms with E-state index < -0.39 is 5.82 Å². The van der Waals surface area contributed by atoms with Crippen LogP contribution in [-0.4, -0.2) is 17.1 Å². The summed E-state index contributed by atoms with van der Waals surface area (Å²) in [5.74, 6) is 1.66. The lowest BCUT2D eigenvalue weighted by Crippen LogP contribution is -2.41. The number of carbonyl (C=O) groups is 1. The highest BCUT2D eigenvalue weighted by atomic mass is 19.1. The molecule has 0 aromatic carbocycles. The molecule has 1 aromatic heterocycles. The van der Waals surface area contributed by atoms with E-state index >= 15 is 0 Å². The maximum absolute atomic E-state index is 12.7. The number of urea groups is 1. The van der Waals surface area contributed by atoms with Crippen LogP contribution in [0.2, 0.25) is 0 Å². The van der Waals surface area contributed by atoms with Gasteiger partial charge in [0.1, 0.15) is 11.6 Å². The third-order valence-corrected chi connectivity index (χ3v) is 4.31. The summed E-state index contributed by atoms with van der Waals surface area (Å²) in [6.07, 6.45) is 8.47. The van der Waals surface area contributed by atoms with Crippen LogP contribution in [0.3, 0.4) is 0 Å². The van der Waals surface area contributed by atoms with E-state index in [4.69, 9.17) is 0 Å². The number of amides is 2. The SMILES string of the molecule is O=C(Nc1ccc(F)cn1)N[C@@H]1CCC[C@H](C2CC2)C1. The molecule has 2 fully saturated rings. The minimum absolute atomic E-state index is 0.245. The van der Waals surface area contributed by atoms with Crippen molar-refractivity contribution < 1.29 is 9.18 Å². The van der Waals surface area contributed by atoms with Crippen LogP contribution >= 0.6 is 0 Å². The van der Waals surface area contributed by atoms with Gasteiger partial charge in [-0.3, -0.25) is 5.32 Å². The van der Waals surface area contributed by atoms with Gasteiger partial charge in [0.2, 0.25) is 0 Å². The van der Waals surface area contributed by atoms with Crippen molar-refractivity contribution in [3.8, 4) is 0 Å². The molecule has 3 rings (SSSR count). The zero-order valence-electron chi connectivity index (χ0n) is 11.4. The van der Waals surface area contributed by atoms with Crippen molar-refractivity contribution in [2.24, 2.45) is 11.8 Å². The summed E-state index contributed by atoms with van der Waals surface area (Å²) in [7, 11) is 0. The summed E-state index contributed by atoms with van der Waals surface area (Å²) < 4.78 is 12.7. The Bertz CT molecular complexity index is 473. The Morgan fingerprint density at radius 1 is 1.20 bits per heavy atom. The van der Waals surface area contributed by atoms with Crippen LogP contribution in [0.15, 0.2) is 18.3 Å². The van der Waals surface area contributed by atoms with Crippen LogP contribution in [0.25, 0.3) is 0 Å². The molecule has 2 atom stereocenters. The molecular formula is C15H20FN3O. The molecule has 2 N–H and O–H groups in total. The number of halogens is 1. The van der Waals surface area contributed by atoms with E-state index in [-0.39, 0.29) is 12.1 Å². The number of rotatable bonds is 3. The van der Waals surface area contributed by atoms with Crippen molar-refractivity contribution in [1.82, 2.24) is 10.3 Å². The Kier molecular flexibility index (Phi) is 3.85. The van der Waals surface area contributed by atoms with Gasteiger partial charge in [-0.25, -0.2) is 14.2 Å². The first-order chi connectivity index (χ1) is 9.70. The minimum atomic E-state index is -0.407. The first kappa shape index (κ1) is 13.3. The second-order valence-electron chi connectivity index (χ2n) is 5.92. The van der Waals surface area contributed by atoms with Crippen LogP contribution in [0.1, 0.15) is 38.5 Å². The van der Waals surface area contributed by atoms with Crippen molar-refractivity contribution in [2.45, 2.75) is 44.6 Å². The van der Waals surface area contributed by atoms with Gasteiger partial charge in [0.15, 0.2) is 0 Å². The summed E-state index contributed by atoms with van der Waals surface area (Å²) in [5.41, 5.74) is 0. The van der Waals surface area contributed by atoms with Gasteiger partial charge >= 0.3 is 6.03 Å².